The summed E-state index contributed by atoms with van der Waals surface area (Å²) in [5.41, 5.74) is 1.35. The highest BCUT2D eigenvalue weighted by atomic mass is 32.2. The quantitative estimate of drug-likeness (QED) is 0.866. The number of fused-ring (bicyclic) bond motifs is 1. The molecular weight excluding hydrogens is 272 g/mol. The summed E-state index contributed by atoms with van der Waals surface area (Å²) in [6, 6.07) is 2.21. The standard InChI is InChI=1S/C14H24N4OS/c1-13(2,3)20(19)17-12-11-4-7-16-18(11)10-14(12)5-8-15-9-6-14/h4,7,12,15,17H,5-6,8-10H2,1-3H3/t12-,20+/m1/s1. The first-order valence-corrected chi connectivity index (χ1v) is 8.48. The van der Waals surface area contributed by atoms with Gasteiger partial charge in [0.2, 0.25) is 0 Å². The van der Waals surface area contributed by atoms with Crippen LogP contribution in [0.25, 0.3) is 0 Å². The van der Waals surface area contributed by atoms with Gasteiger partial charge in [-0.3, -0.25) is 4.68 Å². The van der Waals surface area contributed by atoms with Gasteiger partial charge in [-0.1, -0.05) is 0 Å². The van der Waals surface area contributed by atoms with Crippen molar-refractivity contribution in [3.8, 4) is 0 Å². The van der Waals surface area contributed by atoms with E-state index in [4.69, 9.17) is 0 Å². The molecule has 1 aromatic rings. The zero-order chi connectivity index (χ0) is 14.4. The fourth-order valence-electron chi connectivity index (χ4n) is 3.26. The van der Waals surface area contributed by atoms with E-state index in [-0.39, 0.29) is 16.2 Å². The molecule has 0 aromatic carbocycles. The molecule has 1 fully saturated rings. The molecule has 5 nitrogen and oxygen atoms in total. The molecule has 2 aliphatic heterocycles. The zero-order valence-electron chi connectivity index (χ0n) is 12.5. The van der Waals surface area contributed by atoms with Crippen LogP contribution in [0.2, 0.25) is 0 Å². The Balaban J connectivity index is 1.89. The molecule has 2 atom stereocenters. The van der Waals surface area contributed by atoms with Crippen LogP contribution in [-0.2, 0) is 17.5 Å². The average molecular weight is 296 g/mol. The van der Waals surface area contributed by atoms with Gasteiger partial charge in [0.05, 0.1) is 27.5 Å². The van der Waals surface area contributed by atoms with Gasteiger partial charge in [-0.25, -0.2) is 8.93 Å². The third kappa shape index (κ3) is 2.34. The van der Waals surface area contributed by atoms with E-state index in [0.717, 1.165) is 32.5 Å². The monoisotopic (exact) mass is 296 g/mol. The van der Waals surface area contributed by atoms with Crippen LogP contribution in [0.3, 0.4) is 0 Å². The number of nitrogens with zero attached hydrogens (tertiary/aromatic N) is 2. The number of nitrogens with one attached hydrogen (secondary N) is 2. The van der Waals surface area contributed by atoms with Crippen LogP contribution >= 0.6 is 0 Å². The van der Waals surface area contributed by atoms with E-state index in [1.54, 1.807) is 0 Å². The lowest BCUT2D eigenvalue weighted by Crippen LogP contribution is -2.46. The molecule has 0 radical (unpaired) electrons. The summed E-state index contributed by atoms with van der Waals surface area (Å²) < 4.78 is 17.8. The topological polar surface area (TPSA) is 59.0 Å². The van der Waals surface area contributed by atoms with Gasteiger partial charge in [0, 0.05) is 18.2 Å². The smallest absolute Gasteiger partial charge is 0.0976 e. The second kappa shape index (κ2) is 4.93. The fraction of sp³-hybridized carbons (Fsp3) is 0.786. The highest BCUT2D eigenvalue weighted by Crippen LogP contribution is 2.48. The van der Waals surface area contributed by atoms with Gasteiger partial charge in [-0.05, 0) is 52.8 Å². The zero-order valence-corrected chi connectivity index (χ0v) is 13.3. The Morgan fingerprint density at radius 1 is 1.45 bits per heavy atom. The Bertz CT molecular complexity index is 513. The minimum absolute atomic E-state index is 0.146. The summed E-state index contributed by atoms with van der Waals surface area (Å²) in [4.78, 5) is 0. The Morgan fingerprint density at radius 3 is 2.80 bits per heavy atom. The summed E-state index contributed by atoms with van der Waals surface area (Å²) in [7, 11) is -1.06. The third-order valence-electron chi connectivity index (χ3n) is 4.50. The molecule has 0 saturated carbocycles. The lowest BCUT2D eigenvalue weighted by atomic mass is 9.74. The van der Waals surface area contributed by atoms with Gasteiger partial charge in [0.25, 0.3) is 0 Å². The number of hydrogen-bond acceptors (Lipinski definition) is 3. The maximum absolute atomic E-state index is 12.5. The van der Waals surface area contributed by atoms with Gasteiger partial charge in [-0.15, -0.1) is 0 Å². The van der Waals surface area contributed by atoms with E-state index in [1.165, 1.54) is 5.69 Å². The van der Waals surface area contributed by atoms with Crippen molar-refractivity contribution in [3.05, 3.63) is 18.0 Å². The molecular formula is C14H24N4OS. The SMILES string of the molecule is CC(C)(C)[S@](=O)N[C@@H]1c2ccnn2CC12CCNCC2. The van der Waals surface area contributed by atoms with Crippen LogP contribution in [0, 0.1) is 5.41 Å². The van der Waals surface area contributed by atoms with E-state index in [1.807, 2.05) is 27.0 Å². The van der Waals surface area contributed by atoms with Crippen molar-refractivity contribution >= 4 is 11.0 Å². The maximum atomic E-state index is 12.5. The maximum Gasteiger partial charge on any atom is 0.0976 e. The number of piperidine rings is 1. The first-order valence-electron chi connectivity index (χ1n) is 7.33. The first kappa shape index (κ1) is 14.2. The van der Waals surface area contributed by atoms with E-state index in [2.05, 4.69) is 25.9 Å². The van der Waals surface area contributed by atoms with Crippen molar-refractivity contribution in [2.45, 2.75) is 50.9 Å². The van der Waals surface area contributed by atoms with Crippen molar-refractivity contribution in [3.63, 3.8) is 0 Å². The molecule has 2 N–H and O–H groups in total. The lowest BCUT2D eigenvalue weighted by molar-refractivity contribution is 0.150. The molecule has 6 heteroatoms. The largest absolute Gasteiger partial charge is 0.317 e. The van der Waals surface area contributed by atoms with Crippen molar-refractivity contribution < 1.29 is 4.21 Å². The highest BCUT2D eigenvalue weighted by Gasteiger charge is 2.48. The van der Waals surface area contributed by atoms with Gasteiger partial charge in [-0.2, -0.15) is 5.10 Å². The fourth-order valence-corrected chi connectivity index (χ4v) is 4.20. The Morgan fingerprint density at radius 2 is 2.15 bits per heavy atom. The van der Waals surface area contributed by atoms with Crippen molar-refractivity contribution in [1.82, 2.24) is 19.8 Å². The summed E-state index contributed by atoms with van der Waals surface area (Å²) in [5, 5.41) is 7.85. The Hall–Kier alpha value is -0.720. The van der Waals surface area contributed by atoms with Gasteiger partial charge in [0.15, 0.2) is 0 Å². The van der Waals surface area contributed by atoms with Gasteiger partial charge < -0.3 is 5.32 Å². The molecule has 3 heterocycles. The second-order valence-corrected chi connectivity index (χ2v) is 8.96. The minimum Gasteiger partial charge on any atom is -0.317 e. The van der Waals surface area contributed by atoms with Crippen LogP contribution in [0.15, 0.2) is 12.3 Å². The molecule has 20 heavy (non-hydrogen) atoms. The molecule has 1 saturated heterocycles. The minimum atomic E-state index is -1.06. The summed E-state index contributed by atoms with van der Waals surface area (Å²) in [5.74, 6) is 0. The first-order chi connectivity index (χ1) is 9.42. The van der Waals surface area contributed by atoms with Crippen LogP contribution in [-0.4, -0.2) is 31.8 Å². The molecule has 112 valence electrons. The predicted molar refractivity (Wildman–Crippen MR) is 80.5 cm³/mol. The molecule has 0 amide bonds. The highest BCUT2D eigenvalue weighted by molar-refractivity contribution is 7.84. The lowest BCUT2D eigenvalue weighted by Gasteiger charge is -2.39. The summed E-state index contributed by atoms with van der Waals surface area (Å²) >= 11 is 0. The average Bonchev–Trinajstić information content (AvgIpc) is 2.91. The molecule has 1 aromatic heterocycles. The normalized spacial score (nSPS) is 26.6. The molecule has 0 aliphatic carbocycles. The number of rotatable bonds is 2. The summed E-state index contributed by atoms with van der Waals surface area (Å²) in [6.07, 6.45) is 4.06. The van der Waals surface area contributed by atoms with Crippen molar-refractivity contribution in [1.29, 1.82) is 0 Å². The van der Waals surface area contributed by atoms with Crippen LogP contribution in [0.1, 0.15) is 45.3 Å². The van der Waals surface area contributed by atoms with Crippen LogP contribution in [0.5, 0.6) is 0 Å². The Kier molecular flexibility index (Phi) is 3.51. The van der Waals surface area contributed by atoms with E-state index >= 15 is 0 Å². The second-order valence-electron chi connectivity index (χ2n) is 6.96. The Labute approximate surface area is 123 Å². The van der Waals surface area contributed by atoms with E-state index in [9.17, 15) is 4.21 Å². The van der Waals surface area contributed by atoms with E-state index in [0.29, 0.717) is 0 Å². The molecule has 0 unspecified atom stereocenters. The van der Waals surface area contributed by atoms with E-state index < -0.39 is 11.0 Å². The van der Waals surface area contributed by atoms with Crippen LogP contribution in [0.4, 0.5) is 0 Å². The van der Waals surface area contributed by atoms with Crippen LogP contribution < -0.4 is 10.0 Å². The molecule has 3 rings (SSSR count). The predicted octanol–water partition coefficient (Wildman–Crippen LogP) is 1.36. The molecule has 0 bridgehead atoms. The van der Waals surface area contributed by atoms with Crippen molar-refractivity contribution in [2.24, 2.45) is 5.41 Å². The summed E-state index contributed by atoms with van der Waals surface area (Å²) in [6.45, 7) is 9.04. The van der Waals surface area contributed by atoms with Gasteiger partial charge >= 0.3 is 0 Å². The van der Waals surface area contributed by atoms with Gasteiger partial charge in [0.1, 0.15) is 0 Å². The number of aromatic nitrogens is 2. The molecule has 1 spiro atoms. The third-order valence-corrected chi connectivity index (χ3v) is 6.06. The molecule has 2 aliphatic rings. The number of hydrogen-bond donors (Lipinski definition) is 2. The van der Waals surface area contributed by atoms with Crippen molar-refractivity contribution in [2.75, 3.05) is 13.1 Å².